The van der Waals surface area contributed by atoms with Crippen LogP contribution in [0.1, 0.15) is 32.6 Å². The van der Waals surface area contributed by atoms with Gasteiger partial charge >= 0.3 is 5.97 Å². The van der Waals surface area contributed by atoms with E-state index < -0.39 is 0 Å². The quantitative estimate of drug-likeness (QED) is 0.697. The molecule has 0 aliphatic carbocycles. The fourth-order valence-electron chi connectivity index (χ4n) is 1.66. The van der Waals surface area contributed by atoms with E-state index in [0.717, 1.165) is 19.3 Å². The van der Waals surface area contributed by atoms with Crippen molar-refractivity contribution >= 4 is 5.97 Å². The standard InChI is InChI=1S/C11H21NO3/c1-2-9(8-12)7-11(13)15-10-3-5-14-6-4-10/h9-10H,2-8,12H2,1H3. The normalized spacial score (nSPS) is 19.9. The Kier molecular flexibility index (Phi) is 5.65. The summed E-state index contributed by atoms with van der Waals surface area (Å²) >= 11 is 0. The van der Waals surface area contributed by atoms with Crippen molar-refractivity contribution in [3.05, 3.63) is 0 Å². The van der Waals surface area contributed by atoms with E-state index in [4.69, 9.17) is 15.2 Å². The second-order valence-electron chi connectivity index (χ2n) is 4.02. The molecule has 0 saturated carbocycles. The van der Waals surface area contributed by atoms with Crippen molar-refractivity contribution in [2.45, 2.75) is 38.7 Å². The summed E-state index contributed by atoms with van der Waals surface area (Å²) in [7, 11) is 0. The number of carbonyl (C=O) groups excluding carboxylic acids is 1. The first-order valence-electron chi connectivity index (χ1n) is 5.73. The summed E-state index contributed by atoms with van der Waals surface area (Å²) in [6.07, 6.45) is 3.08. The maximum absolute atomic E-state index is 11.5. The van der Waals surface area contributed by atoms with Crippen molar-refractivity contribution in [1.29, 1.82) is 0 Å². The number of hydrogen-bond donors (Lipinski definition) is 1. The molecule has 0 radical (unpaired) electrons. The lowest BCUT2D eigenvalue weighted by atomic mass is 10.0. The highest BCUT2D eigenvalue weighted by molar-refractivity contribution is 5.69. The second-order valence-corrected chi connectivity index (χ2v) is 4.02. The van der Waals surface area contributed by atoms with Crippen LogP contribution in [0.4, 0.5) is 0 Å². The first-order valence-corrected chi connectivity index (χ1v) is 5.73. The van der Waals surface area contributed by atoms with Gasteiger partial charge in [-0.15, -0.1) is 0 Å². The zero-order chi connectivity index (χ0) is 11.1. The lowest BCUT2D eigenvalue weighted by molar-refractivity contribution is -0.154. The fourth-order valence-corrected chi connectivity index (χ4v) is 1.66. The molecule has 88 valence electrons. The van der Waals surface area contributed by atoms with Crippen molar-refractivity contribution < 1.29 is 14.3 Å². The van der Waals surface area contributed by atoms with Crippen molar-refractivity contribution in [3.63, 3.8) is 0 Å². The van der Waals surface area contributed by atoms with Crippen molar-refractivity contribution in [3.8, 4) is 0 Å². The highest BCUT2D eigenvalue weighted by Gasteiger charge is 2.19. The minimum atomic E-state index is -0.112. The first kappa shape index (κ1) is 12.5. The molecule has 4 nitrogen and oxygen atoms in total. The number of carbonyl (C=O) groups is 1. The van der Waals surface area contributed by atoms with Crippen LogP contribution >= 0.6 is 0 Å². The molecular weight excluding hydrogens is 194 g/mol. The molecule has 0 spiro atoms. The van der Waals surface area contributed by atoms with Crippen LogP contribution in [-0.4, -0.2) is 31.8 Å². The van der Waals surface area contributed by atoms with Crippen LogP contribution in [0.5, 0.6) is 0 Å². The average Bonchev–Trinajstić information content (AvgIpc) is 2.27. The Bertz CT molecular complexity index is 186. The summed E-state index contributed by atoms with van der Waals surface area (Å²) in [6, 6.07) is 0. The van der Waals surface area contributed by atoms with E-state index in [0.29, 0.717) is 26.2 Å². The fraction of sp³-hybridized carbons (Fsp3) is 0.909. The molecule has 0 bridgehead atoms. The van der Waals surface area contributed by atoms with Gasteiger partial charge in [0, 0.05) is 19.3 Å². The van der Waals surface area contributed by atoms with Crippen LogP contribution < -0.4 is 5.73 Å². The van der Waals surface area contributed by atoms with Crippen LogP contribution in [0, 0.1) is 5.92 Å². The van der Waals surface area contributed by atoms with Gasteiger partial charge in [0.2, 0.25) is 0 Å². The van der Waals surface area contributed by atoms with E-state index in [2.05, 4.69) is 0 Å². The molecule has 0 amide bonds. The Morgan fingerprint density at radius 3 is 2.73 bits per heavy atom. The van der Waals surface area contributed by atoms with Crippen molar-refractivity contribution in [2.75, 3.05) is 19.8 Å². The number of ether oxygens (including phenoxy) is 2. The predicted octanol–water partition coefficient (Wildman–Crippen LogP) is 1.08. The molecule has 1 heterocycles. The average molecular weight is 215 g/mol. The molecule has 0 aromatic carbocycles. The summed E-state index contributed by atoms with van der Waals surface area (Å²) in [5.41, 5.74) is 5.54. The van der Waals surface area contributed by atoms with Gasteiger partial charge in [-0.1, -0.05) is 13.3 Å². The number of rotatable bonds is 5. The summed E-state index contributed by atoms with van der Waals surface area (Å²) < 4.78 is 10.5. The van der Waals surface area contributed by atoms with Gasteiger partial charge in [0.05, 0.1) is 13.2 Å². The van der Waals surface area contributed by atoms with Crippen LogP contribution in [-0.2, 0) is 14.3 Å². The van der Waals surface area contributed by atoms with Gasteiger partial charge < -0.3 is 15.2 Å². The van der Waals surface area contributed by atoms with Gasteiger partial charge in [-0.05, 0) is 12.5 Å². The lowest BCUT2D eigenvalue weighted by Crippen LogP contribution is -2.28. The summed E-state index contributed by atoms with van der Waals surface area (Å²) in [6.45, 7) is 4.00. The molecule has 1 saturated heterocycles. The highest BCUT2D eigenvalue weighted by atomic mass is 16.6. The number of esters is 1. The van der Waals surface area contributed by atoms with Gasteiger partial charge in [-0.25, -0.2) is 0 Å². The molecule has 0 aromatic rings. The molecule has 2 N–H and O–H groups in total. The topological polar surface area (TPSA) is 61.6 Å². The molecule has 0 aromatic heterocycles. The number of hydrogen-bond acceptors (Lipinski definition) is 4. The van der Waals surface area contributed by atoms with Crippen molar-refractivity contribution in [2.24, 2.45) is 11.7 Å². The van der Waals surface area contributed by atoms with Gasteiger partial charge in [-0.2, -0.15) is 0 Å². The molecule has 1 atom stereocenters. The zero-order valence-electron chi connectivity index (χ0n) is 9.41. The Morgan fingerprint density at radius 2 is 2.20 bits per heavy atom. The Morgan fingerprint density at radius 1 is 1.53 bits per heavy atom. The molecule has 1 rings (SSSR count). The predicted molar refractivity (Wildman–Crippen MR) is 57.4 cm³/mol. The van der Waals surface area contributed by atoms with E-state index >= 15 is 0 Å². The molecule has 4 heteroatoms. The monoisotopic (exact) mass is 215 g/mol. The third-order valence-electron chi connectivity index (χ3n) is 2.83. The SMILES string of the molecule is CCC(CN)CC(=O)OC1CCOCC1. The van der Waals surface area contributed by atoms with Crippen LogP contribution in [0.25, 0.3) is 0 Å². The molecule has 1 unspecified atom stereocenters. The van der Waals surface area contributed by atoms with E-state index in [1.54, 1.807) is 0 Å². The molecule has 15 heavy (non-hydrogen) atoms. The van der Waals surface area contributed by atoms with Crippen LogP contribution in [0.15, 0.2) is 0 Å². The van der Waals surface area contributed by atoms with Crippen LogP contribution in [0.3, 0.4) is 0 Å². The molecule has 1 fully saturated rings. The second kappa shape index (κ2) is 6.80. The van der Waals surface area contributed by atoms with Crippen molar-refractivity contribution in [1.82, 2.24) is 0 Å². The smallest absolute Gasteiger partial charge is 0.306 e. The van der Waals surface area contributed by atoms with E-state index in [1.807, 2.05) is 6.92 Å². The minimum Gasteiger partial charge on any atom is -0.462 e. The minimum absolute atomic E-state index is 0.0570. The summed E-state index contributed by atoms with van der Waals surface area (Å²) in [5, 5.41) is 0. The van der Waals surface area contributed by atoms with E-state index in [1.165, 1.54) is 0 Å². The van der Waals surface area contributed by atoms with Gasteiger partial charge in [0.25, 0.3) is 0 Å². The summed E-state index contributed by atoms with van der Waals surface area (Å²) in [4.78, 5) is 11.5. The zero-order valence-corrected chi connectivity index (χ0v) is 9.41. The maximum atomic E-state index is 11.5. The van der Waals surface area contributed by atoms with E-state index in [9.17, 15) is 4.79 Å². The highest BCUT2D eigenvalue weighted by Crippen LogP contribution is 2.14. The lowest BCUT2D eigenvalue weighted by Gasteiger charge is -2.23. The Labute approximate surface area is 91.1 Å². The van der Waals surface area contributed by atoms with Crippen LogP contribution in [0.2, 0.25) is 0 Å². The molecular formula is C11H21NO3. The Balaban J connectivity index is 2.21. The molecule has 1 aliphatic rings. The Hall–Kier alpha value is -0.610. The van der Waals surface area contributed by atoms with Gasteiger partial charge in [0.1, 0.15) is 6.10 Å². The molecule has 1 aliphatic heterocycles. The maximum Gasteiger partial charge on any atom is 0.306 e. The number of nitrogens with two attached hydrogens (primary N) is 1. The largest absolute Gasteiger partial charge is 0.462 e. The van der Waals surface area contributed by atoms with Gasteiger partial charge in [0.15, 0.2) is 0 Å². The first-order chi connectivity index (χ1) is 7.26. The third kappa shape index (κ3) is 4.62. The van der Waals surface area contributed by atoms with E-state index in [-0.39, 0.29) is 18.0 Å². The summed E-state index contributed by atoms with van der Waals surface area (Å²) in [5.74, 6) is 0.150. The third-order valence-corrected chi connectivity index (χ3v) is 2.83. The van der Waals surface area contributed by atoms with Gasteiger partial charge in [-0.3, -0.25) is 4.79 Å².